The molecule has 41 heavy (non-hydrogen) atoms. The van der Waals surface area contributed by atoms with Crippen LogP contribution < -0.4 is 21.1 Å². The highest BCUT2D eigenvalue weighted by Crippen LogP contribution is 2.40. The summed E-state index contributed by atoms with van der Waals surface area (Å²) in [4.78, 5) is 24.1. The van der Waals surface area contributed by atoms with Crippen molar-refractivity contribution in [3.8, 4) is 5.75 Å². The number of nitrogens with two attached hydrogens (primary N) is 1. The standard InChI is InChI=1S/C31H33N5O5/c1-19(30(38)39)21-10-12-22(13-11-21)23-14-15-27(26(32)16-23)34-28(37)29-35-36-31(41-29)33-24-8-5-9-25(17-24)40-18-20-6-3-2-4-7-20/h2-9,14-17,19,21-22H,10-13,18,32H2,1H3,(H,33,36)(H,34,37)(H,38,39)/t19?,21-,22-. The number of ether oxygens (including phenoxy) is 1. The van der Waals surface area contributed by atoms with Gasteiger partial charge in [0.05, 0.1) is 17.3 Å². The maximum atomic E-state index is 12.8. The first kappa shape index (κ1) is 27.7. The summed E-state index contributed by atoms with van der Waals surface area (Å²) in [5.74, 6) is -0.676. The van der Waals surface area contributed by atoms with Gasteiger partial charge in [-0.3, -0.25) is 9.59 Å². The van der Waals surface area contributed by atoms with Gasteiger partial charge >= 0.3 is 23.8 Å². The molecule has 212 valence electrons. The Bertz CT molecular complexity index is 1500. The van der Waals surface area contributed by atoms with Crippen molar-refractivity contribution >= 4 is 35.0 Å². The number of anilines is 4. The Balaban J connectivity index is 1.15. The number of benzene rings is 3. The van der Waals surface area contributed by atoms with Crippen LogP contribution in [0.15, 0.2) is 77.2 Å². The fourth-order valence-corrected chi connectivity index (χ4v) is 5.17. The molecule has 5 rings (SSSR count). The molecule has 0 radical (unpaired) electrons. The average molecular weight is 556 g/mol. The minimum Gasteiger partial charge on any atom is -0.489 e. The number of hydrogen-bond donors (Lipinski definition) is 4. The molecule has 1 aromatic heterocycles. The molecule has 1 fully saturated rings. The van der Waals surface area contributed by atoms with E-state index in [1.807, 2.05) is 60.7 Å². The molecule has 1 heterocycles. The zero-order valence-electron chi connectivity index (χ0n) is 22.7. The second-order valence-electron chi connectivity index (χ2n) is 10.4. The van der Waals surface area contributed by atoms with Crippen LogP contribution in [0, 0.1) is 11.8 Å². The van der Waals surface area contributed by atoms with Gasteiger partial charge in [-0.05, 0) is 72.9 Å². The maximum Gasteiger partial charge on any atom is 0.320 e. The van der Waals surface area contributed by atoms with E-state index < -0.39 is 11.9 Å². The quantitative estimate of drug-likeness (QED) is 0.167. The van der Waals surface area contributed by atoms with E-state index in [0.717, 1.165) is 36.8 Å². The molecule has 1 saturated carbocycles. The van der Waals surface area contributed by atoms with Gasteiger partial charge in [0.1, 0.15) is 12.4 Å². The lowest BCUT2D eigenvalue weighted by atomic mass is 9.74. The van der Waals surface area contributed by atoms with E-state index in [4.69, 9.17) is 14.9 Å². The number of nitrogens with zero attached hydrogens (tertiary/aromatic N) is 2. The van der Waals surface area contributed by atoms with Crippen LogP contribution in [0.1, 0.15) is 60.3 Å². The van der Waals surface area contributed by atoms with Crippen molar-refractivity contribution in [2.75, 3.05) is 16.4 Å². The van der Waals surface area contributed by atoms with Gasteiger partial charge < -0.3 is 30.6 Å². The molecule has 1 aliphatic carbocycles. The first-order valence-electron chi connectivity index (χ1n) is 13.7. The number of carbonyl (C=O) groups is 2. The van der Waals surface area contributed by atoms with Gasteiger partial charge in [0.15, 0.2) is 0 Å². The van der Waals surface area contributed by atoms with Crippen molar-refractivity contribution in [3.63, 3.8) is 0 Å². The van der Waals surface area contributed by atoms with Crippen molar-refractivity contribution in [1.82, 2.24) is 10.2 Å². The van der Waals surface area contributed by atoms with Gasteiger partial charge in [-0.15, -0.1) is 5.10 Å². The summed E-state index contributed by atoms with van der Waals surface area (Å²) in [5.41, 5.74) is 9.96. The molecule has 1 unspecified atom stereocenters. The molecule has 0 spiro atoms. The fourth-order valence-electron chi connectivity index (χ4n) is 5.17. The third-order valence-electron chi connectivity index (χ3n) is 7.62. The number of amides is 1. The summed E-state index contributed by atoms with van der Waals surface area (Å²) in [6.07, 6.45) is 3.56. The van der Waals surface area contributed by atoms with Crippen LogP contribution in [0.3, 0.4) is 0 Å². The Morgan fingerprint density at radius 2 is 1.80 bits per heavy atom. The Morgan fingerprint density at radius 3 is 2.54 bits per heavy atom. The first-order valence-corrected chi connectivity index (χ1v) is 13.7. The number of carbonyl (C=O) groups excluding carboxylic acids is 1. The molecule has 10 nitrogen and oxygen atoms in total. The monoisotopic (exact) mass is 555 g/mol. The number of carboxylic acid groups (broad SMARTS) is 1. The number of nitrogens with one attached hydrogen (secondary N) is 2. The molecule has 0 aliphatic heterocycles. The van der Waals surface area contributed by atoms with Crippen molar-refractivity contribution in [2.45, 2.75) is 45.1 Å². The Hall–Kier alpha value is -4.86. The topological polar surface area (TPSA) is 153 Å². The van der Waals surface area contributed by atoms with Crippen LogP contribution in [0.5, 0.6) is 5.75 Å². The Kier molecular flexibility index (Phi) is 8.47. The molecule has 0 saturated heterocycles. The predicted molar refractivity (Wildman–Crippen MR) is 155 cm³/mol. The number of carboxylic acids is 1. The second kappa shape index (κ2) is 12.5. The van der Waals surface area contributed by atoms with E-state index in [-0.39, 0.29) is 23.7 Å². The maximum absolute atomic E-state index is 12.8. The number of rotatable bonds is 10. The van der Waals surface area contributed by atoms with E-state index >= 15 is 0 Å². The predicted octanol–water partition coefficient (Wildman–Crippen LogP) is 6.22. The smallest absolute Gasteiger partial charge is 0.320 e. The SMILES string of the molecule is CC(C(=O)O)[C@H]1CC[C@H](c2ccc(NC(=O)c3nnc(Nc4cccc(OCc5ccccc5)c4)o3)c(N)c2)CC1. The number of aliphatic carboxylic acids is 1. The third-order valence-corrected chi connectivity index (χ3v) is 7.62. The van der Waals surface area contributed by atoms with Crippen molar-refractivity contribution in [1.29, 1.82) is 0 Å². The van der Waals surface area contributed by atoms with Crippen LogP contribution in [-0.2, 0) is 11.4 Å². The second-order valence-corrected chi connectivity index (χ2v) is 10.4. The largest absolute Gasteiger partial charge is 0.489 e. The van der Waals surface area contributed by atoms with E-state index in [9.17, 15) is 14.7 Å². The lowest BCUT2D eigenvalue weighted by molar-refractivity contribution is -0.143. The first-order chi connectivity index (χ1) is 19.9. The Morgan fingerprint density at radius 1 is 1.02 bits per heavy atom. The molecular weight excluding hydrogens is 522 g/mol. The van der Waals surface area contributed by atoms with Crippen molar-refractivity contribution < 1.29 is 23.8 Å². The molecule has 1 atom stereocenters. The lowest BCUT2D eigenvalue weighted by Gasteiger charge is -2.31. The van der Waals surface area contributed by atoms with Crippen LogP contribution in [0.4, 0.5) is 23.1 Å². The minimum absolute atomic E-state index is 0.0616. The average Bonchev–Trinajstić information content (AvgIpc) is 3.46. The van der Waals surface area contributed by atoms with E-state index in [1.54, 1.807) is 19.1 Å². The zero-order chi connectivity index (χ0) is 28.8. The van der Waals surface area contributed by atoms with Gasteiger partial charge in [0, 0.05) is 11.8 Å². The molecule has 1 amide bonds. The number of hydrogen-bond acceptors (Lipinski definition) is 8. The van der Waals surface area contributed by atoms with Crippen molar-refractivity contribution in [3.05, 3.63) is 89.8 Å². The summed E-state index contributed by atoms with van der Waals surface area (Å²) in [7, 11) is 0. The Labute approximate surface area is 237 Å². The fraction of sp³-hybridized carbons (Fsp3) is 0.290. The third kappa shape index (κ3) is 7.02. The van der Waals surface area contributed by atoms with Crippen molar-refractivity contribution in [2.24, 2.45) is 11.8 Å². The highest BCUT2D eigenvalue weighted by Gasteiger charge is 2.29. The molecule has 5 N–H and O–H groups in total. The van der Waals surface area contributed by atoms with Gasteiger partial charge in [-0.1, -0.05) is 54.5 Å². The molecule has 1 aliphatic rings. The molecule has 10 heteroatoms. The van der Waals surface area contributed by atoms with Crippen LogP contribution in [-0.4, -0.2) is 27.2 Å². The molecule has 4 aromatic rings. The van der Waals surface area contributed by atoms with E-state index in [0.29, 0.717) is 35.3 Å². The summed E-state index contributed by atoms with van der Waals surface area (Å²) in [6.45, 7) is 2.22. The van der Waals surface area contributed by atoms with Gasteiger partial charge in [0.25, 0.3) is 0 Å². The minimum atomic E-state index is -0.736. The van der Waals surface area contributed by atoms with E-state index in [2.05, 4.69) is 20.8 Å². The molecular formula is C31H33N5O5. The summed E-state index contributed by atoms with van der Waals surface area (Å²) in [6, 6.07) is 22.8. The highest BCUT2D eigenvalue weighted by molar-refractivity contribution is 6.02. The van der Waals surface area contributed by atoms with E-state index in [1.165, 1.54) is 0 Å². The van der Waals surface area contributed by atoms with Crippen LogP contribution in [0.25, 0.3) is 0 Å². The molecule has 0 bridgehead atoms. The number of aromatic nitrogens is 2. The summed E-state index contributed by atoms with van der Waals surface area (Å²) in [5, 5.41) is 22.8. The van der Waals surface area contributed by atoms with Gasteiger partial charge in [0.2, 0.25) is 0 Å². The lowest BCUT2D eigenvalue weighted by Crippen LogP contribution is -2.25. The highest BCUT2D eigenvalue weighted by atomic mass is 16.5. The molecule has 3 aromatic carbocycles. The summed E-state index contributed by atoms with van der Waals surface area (Å²) >= 11 is 0. The van der Waals surface area contributed by atoms with Crippen LogP contribution in [0.2, 0.25) is 0 Å². The van der Waals surface area contributed by atoms with Crippen LogP contribution >= 0.6 is 0 Å². The van der Waals surface area contributed by atoms with Gasteiger partial charge in [-0.2, -0.15) is 0 Å². The van der Waals surface area contributed by atoms with Gasteiger partial charge in [-0.25, -0.2) is 0 Å². The normalized spacial score (nSPS) is 17.4. The summed E-state index contributed by atoms with van der Waals surface area (Å²) < 4.78 is 11.4. The number of nitrogen functional groups attached to an aromatic ring is 1. The zero-order valence-corrected chi connectivity index (χ0v) is 22.7.